The van der Waals surface area contributed by atoms with Gasteiger partial charge in [0.15, 0.2) is 5.96 Å². The van der Waals surface area contributed by atoms with Crippen molar-refractivity contribution in [3.63, 3.8) is 0 Å². The lowest BCUT2D eigenvalue weighted by Gasteiger charge is -2.26. The van der Waals surface area contributed by atoms with Crippen LogP contribution in [0.25, 0.3) is 0 Å². The molecule has 0 bridgehead atoms. The maximum Gasteiger partial charge on any atom is 0.191 e. The highest BCUT2D eigenvalue weighted by atomic mass is 16.5. The summed E-state index contributed by atoms with van der Waals surface area (Å²) in [5.74, 6) is 2.47. The van der Waals surface area contributed by atoms with Gasteiger partial charge in [0, 0.05) is 25.7 Å². The van der Waals surface area contributed by atoms with Crippen molar-refractivity contribution in [1.82, 2.24) is 15.5 Å². The second-order valence-corrected chi connectivity index (χ2v) is 6.37. The van der Waals surface area contributed by atoms with Crippen molar-refractivity contribution in [3.05, 3.63) is 59.7 Å². The van der Waals surface area contributed by atoms with Gasteiger partial charge in [-0.3, -0.25) is 4.99 Å². The molecule has 0 radical (unpaired) electrons. The largest absolute Gasteiger partial charge is 0.497 e. The molecule has 0 aromatic heterocycles. The molecule has 1 unspecified atom stereocenters. The summed E-state index contributed by atoms with van der Waals surface area (Å²) < 4.78 is 10.8. The van der Waals surface area contributed by atoms with Gasteiger partial charge >= 0.3 is 0 Å². The lowest BCUT2D eigenvalue weighted by Crippen LogP contribution is -2.41. The summed E-state index contributed by atoms with van der Waals surface area (Å²) in [7, 11) is 9.27. The highest BCUT2D eigenvalue weighted by molar-refractivity contribution is 5.79. The van der Waals surface area contributed by atoms with Crippen LogP contribution in [-0.4, -0.2) is 52.8 Å². The summed E-state index contributed by atoms with van der Waals surface area (Å²) in [6, 6.07) is 16.3. The molecule has 2 aromatic carbocycles. The van der Waals surface area contributed by atoms with Gasteiger partial charge in [0.1, 0.15) is 11.5 Å². The number of hydrogen-bond donors (Lipinski definition) is 2. The predicted octanol–water partition coefficient (Wildman–Crippen LogP) is 2.67. The maximum absolute atomic E-state index is 5.40. The molecule has 0 spiro atoms. The topological polar surface area (TPSA) is 58.1 Å². The molecule has 0 saturated carbocycles. The first-order valence-electron chi connectivity index (χ1n) is 8.95. The molecule has 0 aliphatic carbocycles. The number of benzene rings is 2. The molecule has 0 aliphatic rings. The van der Waals surface area contributed by atoms with Crippen LogP contribution in [0.1, 0.15) is 17.2 Å². The van der Waals surface area contributed by atoms with Gasteiger partial charge in [-0.25, -0.2) is 0 Å². The van der Waals surface area contributed by atoms with Gasteiger partial charge in [-0.1, -0.05) is 30.3 Å². The highest BCUT2D eigenvalue weighted by Gasteiger charge is 2.15. The Balaban J connectivity index is 2.00. The van der Waals surface area contributed by atoms with Crippen LogP contribution < -0.4 is 20.1 Å². The molecule has 0 saturated heterocycles. The Morgan fingerprint density at radius 3 is 2.48 bits per heavy atom. The highest BCUT2D eigenvalue weighted by Crippen LogP contribution is 2.22. The van der Waals surface area contributed by atoms with Crippen LogP contribution in [0.4, 0.5) is 0 Å². The Labute approximate surface area is 162 Å². The van der Waals surface area contributed by atoms with Crippen molar-refractivity contribution < 1.29 is 9.47 Å². The van der Waals surface area contributed by atoms with Gasteiger partial charge in [0.05, 0.1) is 20.3 Å². The third-order valence-corrected chi connectivity index (χ3v) is 4.43. The molecule has 2 aromatic rings. The smallest absolute Gasteiger partial charge is 0.191 e. The monoisotopic (exact) mass is 370 g/mol. The Hall–Kier alpha value is -2.73. The minimum absolute atomic E-state index is 0.185. The number of likely N-dealkylation sites (N-methyl/N-ethyl adjacent to an activating group) is 1. The minimum Gasteiger partial charge on any atom is -0.497 e. The van der Waals surface area contributed by atoms with Crippen molar-refractivity contribution in [2.45, 2.75) is 12.6 Å². The van der Waals surface area contributed by atoms with Crippen LogP contribution in [0, 0.1) is 0 Å². The molecular formula is C21H30N4O2. The third-order valence-electron chi connectivity index (χ3n) is 4.43. The summed E-state index contributed by atoms with van der Waals surface area (Å²) >= 11 is 0. The first-order chi connectivity index (χ1) is 13.1. The van der Waals surface area contributed by atoms with Gasteiger partial charge in [-0.2, -0.15) is 0 Å². The van der Waals surface area contributed by atoms with E-state index in [-0.39, 0.29) is 6.04 Å². The molecule has 27 heavy (non-hydrogen) atoms. The zero-order chi connectivity index (χ0) is 19.6. The van der Waals surface area contributed by atoms with E-state index in [1.165, 1.54) is 5.56 Å². The number of para-hydroxylation sites is 1. The molecular weight excluding hydrogens is 340 g/mol. The van der Waals surface area contributed by atoms with Crippen molar-refractivity contribution in [1.29, 1.82) is 0 Å². The molecule has 0 heterocycles. The summed E-state index contributed by atoms with van der Waals surface area (Å²) in [5, 5.41) is 6.75. The molecule has 2 rings (SSSR count). The normalized spacial score (nSPS) is 12.6. The summed E-state index contributed by atoms with van der Waals surface area (Å²) in [4.78, 5) is 6.50. The van der Waals surface area contributed by atoms with Crippen LogP contribution in [0.2, 0.25) is 0 Å². The Morgan fingerprint density at radius 2 is 1.81 bits per heavy atom. The second-order valence-electron chi connectivity index (χ2n) is 6.37. The molecule has 6 heteroatoms. The van der Waals surface area contributed by atoms with E-state index in [1.54, 1.807) is 21.3 Å². The van der Waals surface area contributed by atoms with Gasteiger partial charge < -0.3 is 25.0 Å². The van der Waals surface area contributed by atoms with Crippen LogP contribution in [0.3, 0.4) is 0 Å². The van der Waals surface area contributed by atoms with E-state index in [1.807, 2.05) is 36.4 Å². The first-order valence-corrected chi connectivity index (χ1v) is 8.95. The minimum atomic E-state index is 0.185. The summed E-state index contributed by atoms with van der Waals surface area (Å²) in [6.45, 7) is 1.35. The van der Waals surface area contributed by atoms with E-state index in [0.717, 1.165) is 23.0 Å². The van der Waals surface area contributed by atoms with Gasteiger partial charge in [-0.15, -0.1) is 0 Å². The van der Waals surface area contributed by atoms with E-state index in [9.17, 15) is 0 Å². The average molecular weight is 370 g/mol. The molecule has 0 fully saturated rings. The molecule has 0 aliphatic heterocycles. The number of methoxy groups -OCH3 is 2. The molecule has 6 nitrogen and oxygen atoms in total. The maximum atomic E-state index is 5.40. The van der Waals surface area contributed by atoms with E-state index < -0.39 is 0 Å². The summed E-state index contributed by atoms with van der Waals surface area (Å²) in [5.41, 5.74) is 2.27. The number of guanidine groups is 1. The van der Waals surface area contributed by atoms with Gasteiger partial charge in [0.2, 0.25) is 0 Å². The van der Waals surface area contributed by atoms with E-state index in [4.69, 9.17) is 9.47 Å². The van der Waals surface area contributed by atoms with Crippen LogP contribution in [0.15, 0.2) is 53.5 Å². The van der Waals surface area contributed by atoms with E-state index >= 15 is 0 Å². The Kier molecular flexibility index (Phi) is 7.95. The van der Waals surface area contributed by atoms with Crippen LogP contribution in [0.5, 0.6) is 11.5 Å². The summed E-state index contributed by atoms with van der Waals surface area (Å²) in [6.07, 6.45) is 0. The molecule has 1 atom stereocenters. The SMILES string of the molecule is CN=C(NCc1ccccc1OC)NCC(c1cccc(OC)c1)N(C)C. The fraction of sp³-hybridized carbons (Fsp3) is 0.381. The lowest BCUT2D eigenvalue weighted by molar-refractivity contribution is 0.297. The number of hydrogen-bond acceptors (Lipinski definition) is 4. The van der Waals surface area contributed by atoms with Crippen molar-refractivity contribution in [3.8, 4) is 11.5 Å². The van der Waals surface area contributed by atoms with Crippen molar-refractivity contribution in [2.24, 2.45) is 4.99 Å². The Bertz CT molecular complexity index is 746. The first kappa shape index (κ1) is 20.6. The molecule has 0 amide bonds. The van der Waals surface area contributed by atoms with Crippen LogP contribution >= 0.6 is 0 Å². The van der Waals surface area contributed by atoms with E-state index in [2.05, 4.69) is 46.8 Å². The predicted molar refractivity (Wildman–Crippen MR) is 111 cm³/mol. The fourth-order valence-corrected chi connectivity index (χ4v) is 2.89. The van der Waals surface area contributed by atoms with Crippen molar-refractivity contribution >= 4 is 5.96 Å². The average Bonchev–Trinajstić information content (AvgIpc) is 2.70. The fourth-order valence-electron chi connectivity index (χ4n) is 2.89. The van der Waals surface area contributed by atoms with Crippen LogP contribution in [-0.2, 0) is 6.54 Å². The van der Waals surface area contributed by atoms with Crippen molar-refractivity contribution in [2.75, 3.05) is 41.9 Å². The van der Waals surface area contributed by atoms with Gasteiger partial charge in [-0.05, 0) is 37.9 Å². The number of aliphatic imine (C=N–C) groups is 1. The zero-order valence-electron chi connectivity index (χ0n) is 16.8. The number of nitrogens with one attached hydrogen (secondary N) is 2. The van der Waals surface area contributed by atoms with E-state index in [0.29, 0.717) is 13.1 Å². The number of nitrogens with zero attached hydrogens (tertiary/aromatic N) is 2. The Morgan fingerprint density at radius 1 is 1.04 bits per heavy atom. The third kappa shape index (κ3) is 5.89. The number of rotatable bonds is 8. The standard InChI is InChI=1S/C21H30N4O2/c1-22-21(23-14-17-9-6-7-12-20(17)27-5)24-15-19(25(2)3)16-10-8-11-18(13-16)26-4/h6-13,19H,14-15H2,1-5H3,(H2,22,23,24). The lowest BCUT2D eigenvalue weighted by atomic mass is 10.1. The second kappa shape index (κ2) is 10.4. The molecule has 2 N–H and O–H groups in total. The number of ether oxygens (including phenoxy) is 2. The van der Waals surface area contributed by atoms with Gasteiger partial charge in [0.25, 0.3) is 0 Å². The quantitative estimate of drug-likeness (QED) is 0.553. The molecule has 146 valence electrons. The zero-order valence-corrected chi connectivity index (χ0v) is 16.8.